The molecule has 3 aromatic rings. The second-order valence-corrected chi connectivity index (χ2v) is 5.88. The molecule has 0 radical (unpaired) electrons. The molecule has 0 saturated heterocycles. The fraction of sp³-hybridized carbons (Fsp3) is 0.0588. The van der Waals surface area contributed by atoms with Gasteiger partial charge in [-0.25, -0.2) is 4.79 Å². The number of nitriles is 1. The Labute approximate surface area is 155 Å². The van der Waals surface area contributed by atoms with E-state index in [1.165, 1.54) is 0 Å². The second kappa shape index (κ2) is 7.25. The van der Waals surface area contributed by atoms with Crippen LogP contribution in [0.2, 0.25) is 0 Å². The lowest BCUT2D eigenvalue weighted by atomic mass is 10.3. The van der Waals surface area contributed by atoms with Crippen molar-refractivity contribution in [1.29, 1.82) is 5.26 Å². The Morgan fingerprint density at radius 1 is 1.15 bits per heavy atom. The van der Waals surface area contributed by atoms with Crippen molar-refractivity contribution in [3.63, 3.8) is 0 Å². The van der Waals surface area contributed by atoms with Gasteiger partial charge in [0.05, 0.1) is 17.3 Å². The molecule has 0 atom stereocenters. The average Bonchev–Trinajstić information content (AvgIpc) is 2.63. The van der Waals surface area contributed by atoms with Gasteiger partial charge < -0.3 is 9.47 Å². The lowest BCUT2D eigenvalue weighted by Gasteiger charge is -2.09. The van der Waals surface area contributed by atoms with Crippen molar-refractivity contribution >= 4 is 15.9 Å². The van der Waals surface area contributed by atoms with Crippen LogP contribution in [0.25, 0.3) is 5.69 Å². The number of hydrogen-bond acceptors (Lipinski definition) is 6. The van der Waals surface area contributed by atoms with Crippen molar-refractivity contribution in [2.75, 3.05) is 7.11 Å². The second-order valence-electron chi connectivity index (χ2n) is 5.02. The van der Waals surface area contributed by atoms with Crippen LogP contribution in [0.3, 0.4) is 0 Å². The molecule has 0 amide bonds. The predicted octanol–water partition coefficient (Wildman–Crippen LogP) is 2.36. The zero-order valence-corrected chi connectivity index (χ0v) is 15.0. The number of benzene rings is 2. The number of hydrogen-bond donors (Lipinski definition) is 1. The van der Waals surface area contributed by atoms with Crippen molar-refractivity contribution in [3.8, 4) is 29.0 Å². The topological polar surface area (TPSA) is 110 Å². The summed E-state index contributed by atoms with van der Waals surface area (Å²) >= 11 is 3.38. The molecule has 0 fully saturated rings. The van der Waals surface area contributed by atoms with Crippen LogP contribution in [0.15, 0.2) is 56.5 Å². The van der Waals surface area contributed by atoms with E-state index in [4.69, 9.17) is 14.7 Å². The summed E-state index contributed by atoms with van der Waals surface area (Å²) in [5.41, 5.74) is -1.57. The molecule has 1 aromatic heterocycles. The van der Waals surface area contributed by atoms with Crippen molar-refractivity contribution < 1.29 is 9.47 Å². The van der Waals surface area contributed by atoms with Gasteiger partial charge in [0, 0.05) is 0 Å². The summed E-state index contributed by atoms with van der Waals surface area (Å²) in [5, 5.41) is 12.6. The van der Waals surface area contributed by atoms with E-state index >= 15 is 0 Å². The molecule has 1 heterocycles. The van der Waals surface area contributed by atoms with E-state index in [1.54, 1.807) is 55.6 Å². The normalized spacial score (nSPS) is 10.2. The van der Waals surface area contributed by atoms with Gasteiger partial charge in [-0.15, -0.1) is 5.10 Å². The number of nitrogens with zero attached hydrogens (tertiary/aromatic N) is 3. The minimum absolute atomic E-state index is 0.381. The van der Waals surface area contributed by atoms with E-state index in [2.05, 4.69) is 21.0 Å². The predicted molar refractivity (Wildman–Crippen MR) is 95.9 cm³/mol. The van der Waals surface area contributed by atoms with E-state index in [1.807, 2.05) is 4.98 Å². The quantitative estimate of drug-likeness (QED) is 0.701. The summed E-state index contributed by atoms with van der Waals surface area (Å²) in [4.78, 5) is 25.3. The Morgan fingerprint density at radius 3 is 2.46 bits per heavy atom. The van der Waals surface area contributed by atoms with Gasteiger partial charge in [0.1, 0.15) is 23.3 Å². The lowest BCUT2D eigenvalue weighted by Crippen LogP contribution is -2.33. The molecule has 0 aliphatic rings. The molecule has 0 unspecified atom stereocenters. The van der Waals surface area contributed by atoms with Gasteiger partial charge in [-0.3, -0.25) is 9.78 Å². The highest BCUT2D eigenvalue weighted by molar-refractivity contribution is 9.10. The number of ether oxygens (including phenoxy) is 2. The van der Waals surface area contributed by atoms with Crippen molar-refractivity contribution in [3.05, 3.63) is 73.5 Å². The fourth-order valence-corrected chi connectivity index (χ4v) is 2.67. The SMILES string of the molecule is COc1ccc(Oc2ccc(-n3nc(C#N)c(=O)[nH]c3=O)cc2)cc1Br. The largest absolute Gasteiger partial charge is 0.496 e. The molecular weight excluding hydrogens is 404 g/mol. The molecule has 0 bridgehead atoms. The third-order valence-electron chi connectivity index (χ3n) is 3.37. The number of rotatable bonds is 4. The van der Waals surface area contributed by atoms with Gasteiger partial charge in [0.2, 0.25) is 5.69 Å². The maximum Gasteiger partial charge on any atom is 0.349 e. The van der Waals surface area contributed by atoms with Crippen molar-refractivity contribution in [2.45, 2.75) is 0 Å². The molecule has 0 aliphatic heterocycles. The highest BCUT2D eigenvalue weighted by Crippen LogP contribution is 2.31. The lowest BCUT2D eigenvalue weighted by molar-refractivity contribution is 0.410. The van der Waals surface area contributed by atoms with Crippen LogP contribution >= 0.6 is 15.9 Å². The summed E-state index contributed by atoms with van der Waals surface area (Å²) in [5.74, 6) is 1.81. The first-order chi connectivity index (χ1) is 12.5. The Balaban J connectivity index is 1.88. The van der Waals surface area contributed by atoms with Gasteiger partial charge in [-0.1, -0.05) is 0 Å². The maximum atomic E-state index is 11.9. The smallest absolute Gasteiger partial charge is 0.349 e. The number of halogens is 1. The first-order valence-electron chi connectivity index (χ1n) is 7.27. The van der Waals surface area contributed by atoms with Gasteiger partial charge in [0.15, 0.2) is 0 Å². The average molecular weight is 415 g/mol. The molecule has 8 nitrogen and oxygen atoms in total. The number of nitrogens with one attached hydrogen (secondary N) is 1. The van der Waals surface area contributed by atoms with E-state index < -0.39 is 16.9 Å². The summed E-state index contributed by atoms with van der Waals surface area (Å²) in [7, 11) is 1.57. The summed E-state index contributed by atoms with van der Waals surface area (Å²) in [6.45, 7) is 0. The number of aromatic amines is 1. The van der Waals surface area contributed by atoms with Crippen LogP contribution in [0.5, 0.6) is 17.2 Å². The summed E-state index contributed by atoms with van der Waals surface area (Å²) in [6.07, 6.45) is 0. The number of H-pyrrole nitrogens is 1. The zero-order chi connectivity index (χ0) is 18.7. The Hall–Kier alpha value is -3.38. The molecule has 0 spiro atoms. The van der Waals surface area contributed by atoms with Crippen LogP contribution in [0.4, 0.5) is 0 Å². The van der Waals surface area contributed by atoms with E-state index in [9.17, 15) is 9.59 Å². The third-order valence-corrected chi connectivity index (χ3v) is 3.99. The molecule has 0 saturated carbocycles. The highest BCUT2D eigenvalue weighted by atomic mass is 79.9. The number of methoxy groups -OCH3 is 1. The molecule has 9 heteroatoms. The molecule has 1 N–H and O–H groups in total. The first kappa shape index (κ1) is 17.4. The zero-order valence-electron chi connectivity index (χ0n) is 13.4. The summed E-state index contributed by atoms with van der Waals surface area (Å²) in [6, 6.07) is 13.4. The Morgan fingerprint density at radius 2 is 1.85 bits per heavy atom. The first-order valence-corrected chi connectivity index (χ1v) is 8.06. The van der Waals surface area contributed by atoms with Gasteiger partial charge in [0.25, 0.3) is 5.56 Å². The molecule has 26 heavy (non-hydrogen) atoms. The van der Waals surface area contributed by atoms with Crippen LogP contribution in [0, 0.1) is 11.3 Å². The van der Waals surface area contributed by atoms with E-state index in [0.29, 0.717) is 22.9 Å². The molecule has 0 aliphatic carbocycles. The van der Waals surface area contributed by atoms with E-state index in [0.717, 1.165) is 9.15 Å². The maximum absolute atomic E-state index is 11.9. The molecule has 3 rings (SSSR count). The van der Waals surface area contributed by atoms with Crippen LogP contribution in [-0.4, -0.2) is 21.9 Å². The number of aromatic nitrogens is 3. The fourth-order valence-electron chi connectivity index (χ4n) is 2.15. The van der Waals surface area contributed by atoms with Crippen molar-refractivity contribution in [1.82, 2.24) is 14.8 Å². The molecular formula is C17H11BrN4O4. The highest BCUT2D eigenvalue weighted by Gasteiger charge is 2.08. The van der Waals surface area contributed by atoms with Gasteiger partial charge in [-0.2, -0.15) is 9.94 Å². The Kier molecular flexibility index (Phi) is 4.86. The van der Waals surface area contributed by atoms with Crippen LogP contribution < -0.4 is 20.7 Å². The van der Waals surface area contributed by atoms with Gasteiger partial charge >= 0.3 is 5.69 Å². The van der Waals surface area contributed by atoms with E-state index in [-0.39, 0.29) is 0 Å². The van der Waals surface area contributed by atoms with Crippen LogP contribution in [0.1, 0.15) is 5.69 Å². The Bertz CT molecular complexity index is 1110. The summed E-state index contributed by atoms with van der Waals surface area (Å²) < 4.78 is 12.6. The van der Waals surface area contributed by atoms with Crippen molar-refractivity contribution in [2.24, 2.45) is 0 Å². The molecule has 130 valence electrons. The minimum atomic E-state index is -0.821. The van der Waals surface area contributed by atoms with Crippen LogP contribution in [-0.2, 0) is 0 Å². The monoisotopic (exact) mass is 414 g/mol. The third kappa shape index (κ3) is 3.50. The van der Waals surface area contributed by atoms with Gasteiger partial charge in [-0.05, 0) is 58.4 Å². The standard InChI is InChI=1S/C17H11BrN4O4/c1-25-15-7-6-12(8-13(15)18)26-11-4-2-10(3-5-11)22-17(24)20-16(23)14(9-19)21-22/h2-8H,1H3,(H,20,23,24). The minimum Gasteiger partial charge on any atom is -0.496 e. The molecule has 2 aromatic carbocycles.